The van der Waals surface area contributed by atoms with Crippen molar-refractivity contribution in [3.63, 3.8) is 0 Å². The van der Waals surface area contributed by atoms with Crippen molar-refractivity contribution in [3.05, 3.63) is 46.0 Å². The monoisotopic (exact) mass is 836 g/mol. The summed E-state index contributed by atoms with van der Waals surface area (Å²) in [4.78, 5) is 35.3. The summed E-state index contributed by atoms with van der Waals surface area (Å²) in [7, 11) is 2.76. The molecule has 2 heterocycles. The van der Waals surface area contributed by atoms with Crippen molar-refractivity contribution in [1.82, 2.24) is 19.8 Å². The largest absolute Gasteiger partial charge is 0.460 e. The molecule has 2 aromatic rings. The van der Waals surface area contributed by atoms with E-state index in [2.05, 4.69) is 16.0 Å². The van der Waals surface area contributed by atoms with E-state index in [0.29, 0.717) is 0 Å². The number of aryl methyl sites for hydroxylation is 2. The highest BCUT2D eigenvalue weighted by molar-refractivity contribution is 6.04. The molecule has 27 heteroatoms. The van der Waals surface area contributed by atoms with Gasteiger partial charge in [-0.15, -0.1) is 0 Å². The highest BCUT2D eigenvalue weighted by atomic mass is 19.4. The summed E-state index contributed by atoms with van der Waals surface area (Å²) in [5, 5.41) is 18.2. The Balaban J connectivity index is 2.02. The lowest BCUT2D eigenvalue weighted by molar-refractivity contribution is -0.461. The molecular weight excluding hydrogens is 807 g/mol. The number of hydrogen-bond donors (Lipinski definition) is 3. The minimum Gasteiger partial charge on any atom is -0.351 e. The molecule has 3 N–H and O–H groups in total. The number of rotatable bonds is 18. The Bertz CT molecular complexity index is 1730. The van der Waals surface area contributed by atoms with Gasteiger partial charge >= 0.3 is 47.6 Å². The van der Waals surface area contributed by atoms with Crippen molar-refractivity contribution in [1.29, 1.82) is 0 Å². The molecule has 10 nitrogen and oxygen atoms in total. The van der Waals surface area contributed by atoms with E-state index in [1.165, 1.54) is 35.5 Å². The van der Waals surface area contributed by atoms with E-state index in [4.69, 9.17) is 0 Å². The molecule has 0 aliphatic rings. The second-order valence-electron chi connectivity index (χ2n) is 12.7. The summed E-state index contributed by atoms with van der Waals surface area (Å²) in [6.45, 7) is 1.42. The van der Waals surface area contributed by atoms with Gasteiger partial charge in [0, 0.05) is 44.9 Å². The molecule has 0 aromatic carbocycles. The molecule has 2 aromatic heterocycles. The van der Waals surface area contributed by atoms with Crippen LogP contribution in [0.3, 0.4) is 0 Å². The average molecular weight is 837 g/mol. The zero-order chi connectivity index (χ0) is 43.2. The molecule has 0 fully saturated rings. The van der Waals surface area contributed by atoms with Crippen LogP contribution in [-0.2, 0) is 14.1 Å². The summed E-state index contributed by atoms with van der Waals surface area (Å²) in [6, 6.07) is 2.21. The molecule has 0 unspecified atom stereocenters. The second kappa shape index (κ2) is 15.0. The van der Waals surface area contributed by atoms with Crippen LogP contribution in [-0.4, -0.2) is 92.1 Å². The first-order valence-corrected chi connectivity index (χ1v) is 15.0. The van der Waals surface area contributed by atoms with Crippen molar-refractivity contribution in [2.45, 2.75) is 86.3 Å². The van der Waals surface area contributed by atoms with Gasteiger partial charge in [0.25, 0.3) is 17.5 Å². The van der Waals surface area contributed by atoms with Crippen LogP contribution < -0.4 is 16.0 Å². The lowest BCUT2D eigenvalue weighted by Crippen LogP contribution is -2.74. The summed E-state index contributed by atoms with van der Waals surface area (Å²) < 4.78 is 232. The molecule has 0 radical (unpaired) electrons. The molecule has 2 rings (SSSR count). The summed E-state index contributed by atoms with van der Waals surface area (Å²) in [6.07, 6.45) is -9.50. The van der Waals surface area contributed by atoms with Crippen LogP contribution in [0.5, 0.6) is 0 Å². The molecule has 0 saturated heterocycles. The maximum atomic E-state index is 14.3. The Morgan fingerprint density at radius 1 is 0.655 bits per heavy atom. The molecule has 55 heavy (non-hydrogen) atoms. The van der Waals surface area contributed by atoms with Crippen LogP contribution in [0, 0.1) is 10.1 Å². The van der Waals surface area contributed by atoms with Gasteiger partial charge in [-0.3, -0.25) is 19.7 Å². The fourth-order valence-corrected chi connectivity index (χ4v) is 4.65. The number of nitrogens with one attached hydrogen (secondary N) is 3. The van der Waals surface area contributed by atoms with E-state index in [1.54, 1.807) is 0 Å². The molecule has 2 amide bonds. The van der Waals surface area contributed by atoms with Gasteiger partial charge in [0.15, 0.2) is 0 Å². The summed E-state index contributed by atoms with van der Waals surface area (Å²) >= 11 is 0. The maximum Gasteiger partial charge on any atom is 0.460 e. The Morgan fingerprint density at radius 2 is 1.11 bits per heavy atom. The SMILES string of the molecule is Cn1cc(NC(=O)c2cc([N+](=O)[O-])cn2C)cc1C(=O)NCCCNC(C)(C)CCC(F)(F)C(F)(F)C(F)(F)C(F)(F)C(F)(F)C(F)(F)C(F)(F)C(F)(F)F. The van der Waals surface area contributed by atoms with Gasteiger partial charge in [-0.25, -0.2) is 0 Å². The number of carbonyl (C=O) groups excluding carboxylic acids is 2. The van der Waals surface area contributed by atoms with Crippen LogP contribution in [0.2, 0.25) is 0 Å². The van der Waals surface area contributed by atoms with Gasteiger partial charge in [0.1, 0.15) is 11.4 Å². The molecule has 0 bridgehead atoms. The molecule has 0 spiro atoms. The fraction of sp³-hybridized carbons (Fsp3) is 0.643. The molecule has 0 saturated carbocycles. The van der Waals surface area contributed by atoms with Crippen molar-refractivity contribution >= 4 is 23.2 Å². The Kier molecular flexibility index (Phi) is 12.7. The zero-order valence-electron chi connectivity index (χ0n) is 28.2. The van der Waals surface area contributed by atoms with E-state index in [9.17, 15) is 94.3 Å². The van der Waals surface area contributed by atoms with E-state index in [-0.39, 0.29) is 42.3 Å². The van der Waals surface area contributed by atoms with Crippen molar-refractivity contribution in [2.24, 2.45) is 14.1 Å². The standard InChI is InChI=1S/C28H29F17N6O4/c1-20(2,6-7-21(29,30)22(31,32)23(33,34)24(35,36)25(37,38)26(39,40)27(41,42)28(43,44)45)47-9-5-8-46-18(52)16-10-14(12-49(16)3)48-19(53)17-11-15(51(54)55)13-50(17)4/h10-13,47H,5-9H2,1-4H3,(H,46,52)(H,48,53). The van der Waals surface area contributed by atoms with Crippen LogP contribution >= 0.6 is 0 Å². The van der Waals surface area contributed by atoms with Crippen molar-refractivity contribution < 1.29 is 89.1 Å². The van der Waals surface area contributed by atoms with E-state index in [0.717, 1.165) is 26.1 Å². The van der Waals surface area contributed by atoms with E-state index >= 15 is 0 Å². The minimum absolute atomic E-state index is 0.0393. The summed E-state index contributed by atoms with van der Waals surface area (Å²) in [5.41, 5.74) is -2.24. The Hall–Kier alpha value is -4.33. The molecular formula is C28H29F17N6O4. The van der Waals surface area contributed by atoms with Crippen LogP contribution in [0.4, 0.5) is 86.0 Å². The number of nitro groups is 1. The van der Waals surface area contributed by atoms with E-state index in [1.807, 2.05) is 0 Å². The highest BCUT2D eigenvalue weighted by Crippen LogP contribution is 2.64. The van der Waals surface area contributed by atoms with Crippen LogP contribution in [0.1, 0.15) is 54.1 Å². The van der Waals surface area contributed by atoms with Gasteiger partial charge < -0.3 is 25.1 Å². The van der Waals surface area contributed by atoms with Gasteiger partial charge in [-0.1, -0.05) is 0 Å². The van der Waals surface area contributed by atoms with Crippen molar-refractivity contribution in [3.8, 4) is 0 Å². The number of hydrogen-bond acceptors (Lipinski definition) is 5. The van der Waals surface area contributed by atoms with Crippen LogP contribution in [0.25, 0.3) is 0 Å². The van der Waals surface area contributed by atoms with Gasteiger partial charge in [-0.2, -0.15) is 74.6 Å². The normalized spacial score (nSPS) is 14.3. The minimum atomic E-state index is -8.69. The molecule has 314 valence electrons. The number of halogens is 17. The first-order valence-electron chi connectivity index (χ1n) is 15.0. The third-order valence-electron chi connectivity index (χ3n) is 8.02. The number of amides is 2. The topological polar surface area (TPSA) is 123 Å². The smallest absolute Gasteiger partial charge is 0.351 e. The van der Waals surface area contributed by atoms with Gasteiger partial charge in [0.05, 0.1) is 16.8 Å². The second-order valence-corrected chi connectivity index (χ2v) is 12.7. The molecule has 0 atom stereocenters. The predicted octanol–water partition coefficient (Wildman–Crippen LogP) is 7.80. The van der Waals surface area contributed by atoms with Crippen LogP contribution in [0.15, 0.2) is 24.5 Å². The van der Waals surface area contributed by atoms with E-state index < -0.39 is 82.8 Å². The first-order chi connectivity index (χ1) is 24.4. The number of nitrogens with zero attached hydrogens (tertiary/aromatic N) is 3. The fourth-order valence-electron chi connectivity index (χ4n) is 4.65. The van der Waals surface area contributed by atoms with Crippen molar-refractivity contribution in [2.75, 3.05) is 18.4 Å². The Labute approximate surface area is 297 Å². The first kappa shape index (κ1) is 46.8. The lowest BCUT2D eigenvalue weighted by atomic mass is 9.86. The van der Waals surface area contributed by atoms with Gasteiger partial charge in [0.2, 0.25) is 0 Å². The molecule has 0 aliphatic heterocycles. The summed E-state index contributed by atoms with van der Waals surface area (Å²) in [5.74, 6) is -58.2. The maximum absolute atomic E-state index is 14.3. The number of anilines is 1. The number of alkyl halides is 17. The molecule has 0 aliphatic carbocycles. The Morgan fingerprint density at radius 3 is 1.58 bits per heavy atom. The number of aromatic nitrogens is 2. The number of carbonyl (C=O) groups is 2. The third kappa shape index (κ3) is 8.58. The third-order valence-corrected chi connectivity index (χ3v) is 8.02. The predicted molar refractivity (Wildman–Crippen MR) is 154 cm³/mol. The quantitative estimate of drug-likeness (QED) is 0.0613. The average Bonchev–Trinajstić information content (AvgIpc) is 3.60. The highest BCUT2D eigenvalue weighted by Gasteiger charge is 2.95. The zero-order valence-corrected chi connectivity index (χ0v) is 28.2. The lowest BCUT2D eigenvalue weighted by Gasteiger charge is -2.43. The van der Waals surface area contributed by atoms with Gasteiger partial charge in [-0.05, 0) is 39.3 Å².